The van der Waals surface area contributed by atoms with Gasteiger partial charge in [-0.3, -0.25) is 9.69 Å². The van der Waals surface area contributed by atoms with Gasteiger partial charge in [0.05, 0.1) is 16.8 Å². The van der Waals surface area contributed by atoms with Crippen LogP contribution in [0.4, 0.5) is 0 Å². The molecule has 1 aromatic heterocycles. The molecule has 1 saturated heterocycles. The van der Waals surface area contributed by atoms with Crippen LogP contribution in [0, 0.1) is 6.92 Å². The van der Waals surface area contributed by atoms with Crippen molar-refractivity contribution in [3.8, 4) is 11.3 Å². The van der Waals surface area contributed by atoms with Gasteiger partial charge in [0.1, 0.15) is 0 Å². The molecule has 34 heavy (non-hydrogen) atoms. The Morgan fingerprint density at radius 3 is 2.41 bits per heavy atom. The van der Waals surface area contributed by atoms with E-state index in [1.165, 1.54) is 11.1 Å². The number of aromatic nitrogens is 1. The number of piperidine rings is 1. The van der Waals surface area contributed by atoms with Crippen molar-refractivity contribution in [3.05, 3.63) is 102 Å². The lowest BCUT2D eigenvalue weighted by molar-refractivity contribution is 0.0956. The summed E-state index contributed by atoms with van der Waals surface area (Å²) in [6.07, 6.45) is 1.72. The number of hydrogen-bond donors (Lipinski definition) is 1. The smallest absolute Gasteiger partial charge is 0.272 e. The summed E-state index contributed by atoms with van der Waals surface area (Å²) in [5.74, 6) is -0.203. The molecule has 0 spiro atoms. The van der Waals surface area contributed by atoms with Gasteiger partial charge in [0.2, 0.25) is 0 Å². The van der Waals surface area contributed by atoms with Gasteiger partial charge < -0.3 is 0 Å². The Balaban J connectivity index is 1.31. The van der Waals surface area contributed by atoms with Crippen molar-refractivity contribution in [3.63, 3.8) is 0 Å². The minimum absolute atomic E-state index is 0.203. The molecule has 1 fully saturated rings. The topological polar surface area (TPSA) is 57.6 Å². The highest BCUT2D eigenvalue weighted by molar-refractivity contribution is 6.07. The number of benzene rings is 3. The first-order valence-corrected chi connectivity index (χ1v) is 11.7. The van der Waals surface area contributed by atoms with Gasteiger partial charge in [-0.2, -0.15) is 5.10 Å². The van der Waals surface area contributed by atoms with Crippen molar-refractivity contribution >= 4 is 22.5 Å². The van der Waals surface area contributed by atoms with E-state index in [1.54, 1.807) is 0 Å². The summed E-state index contributed by atoms with van der Waals surface area (Å²) in [5, 5.41) is 5.32. The molecule has 5 nitrogen and oxygen atoms in total. The molecular weight excluding hydrogens is 420 g/mol. The zero-order chi connectivity index (χ0) is 23.3. The van der Waals surface area contributed by atoms with Gasteiger partial charge in [-0.15, -0.1) is 0 Å². The molecule has 2 heterocycles. The summed E-state index contributed by atoms with van der Waals surface area (Å²) < 4.78 is 0. The molecule has 1 N–H and O–H groups in total. The van der Waals surface area contributed by atoms with Crippen LogP contribution in [0.15, 0.2) is 90.0 Å². The second kappa shape index (κ2) is 9.98. The molecule has 170 valence electrons. The van der Waals surface area contributed by atoms with Crippen molar-refractivity contribution in [1.82, 2.24) is 15.3 Å². The maximum Gasteiger partial charge on any atom is 0.272 e. The van der Waals surface area contributed by atoms with E-state index in [-0.39, 0.29) is 5.91 Å². The fourth-order valence-electron chi connectivity index (χ4n) is 4.35. The fourth-order valence-corrected chi connectivity index (χ4v) is 4.35. The van der Waals surface area contributed by atoms with E-state index in [4.69, 9.17) is 4.98 Å². The third-order valence-corrected chi connectivity index (χ3v) is 6.31. The molecule has 4 aromatic rings. The minimum Gasteiger partial charge on any atom is -0.298 e. The number of rotatable bonds is 5. The van der Waals surface area contributed by atoms with E-state index in [0.29, 0.717) is 5.56 Å². The molecule has 5 rings (SSSR count). The van der Waals surface area contributed by atoms with Crippen LogP contribution in [0.3, 0.4) is 0 Å². The lowest BCUT2D eigenvalue weighted by Gasteiger charge is -2.27. The Morgan fingerprint density at radius 1 is 0.941 bits per heavy atom. The number of fused-ring (bicyclic) bond motifs is 1. The quantitative estimate of drug-likeness (QED) is 0.405. The number of carbonyl (C=O) groups excluding carboxylic acids is 1. The van der Waals surface area contributed by atoms with E-state index in [1.807, 2.05) is 48.5 Å². The molecule has 0 saturated carbocycles. The average molecular weight is 449 g/mol. The molecular formula is C29H28N4O. The van der Waals surface area contributed by atoms with Gasteiger partial charge in [0.15, 0.2) is 0 Å². The van der Waals surface area contributed by atoms with E-state index in [2.05, 4.69) is 58.7 Å². The minimum atomic E-state index is -0.203. The molecule has 0 aliphatic carbocycles. The number of pyridine rings is 1. The van der Waals surface area contributed by atoms with E-state index < -0.39 is 0 Å². The average Bonchev–Trinajstić information content (AvgIpc) is 2.88. The molecule has 0 atom stereocenters. The first-order valence-electron chi connectivity index (χ1n) is 11.7. The van der Waals surface area contributed by atoms with Crippen LogP contribution in [0.25, 0.3) is 22.2 Å². The number of amides is 1. The van der Waals surface area contributed by atoms with Gasteiger partial charge in [0.25, 0.3) is 5.91 Å². The van der Waals surface area contributed by atoms with Crippen molar-refractivity contribution < 1.29 is 4.79 Å². The zero-order valence-corrected chi connectivity index (χ0v) is 19.4. The highest BCUT2D eigenvalue weighted by Gasteiger charge is 2.17. The predicted octanol–water partition coefficient (Wildman–Crippen LogP) is 5.59. The number of nitrogens with zero attached hydrogens (tertiary/aromatic N) is 3. The zero-order valence-electron chi connectivity index (χ0n) is 19.4. The normalized spacial score (nSPS) is 14.2. The summed E-state index contributed by atoms with van der Waals surface area (Å²) >= 11 is 0. The van der Waals surface area contributed by atoms with Crippen molar-refractivity contribution in [2.75, 3.05) is 13.1 Å². The first kappa shape index (κ1) is 22.0. The molecule has 5 heteroatoms. The monoisotopic (exact) mass is 448 g/mol. The molecule has 3 aromatic carbocycles. The van der Waals surface area contributed by atoms with E-state index >= 15 is 0 Å². The van der Waals surface area contributed by atoms with Gasteiger partial charge >= 0.3 is 0 Å². The number of aryl methyl sites for hydroxylation is 1. The number of likely N-dealkylation sites (tertiary alicyclic amines) is 1. The van der Waals surface area contributed by atoms with Gasteiger partial charge in [0, 0.05) is 49.1 Å². The van der Waals surface area contributed by atoms with Crippen molar-refractivity contribution in [1.29, 1.82) is 0 Å². The summed E-state index contributed by atoms with van der Waals surface area (Å²) in [5.41, 5.74) is 9.53. The fraction of sp³-hybridized carbons (Fsp3) is 0.207. The summed E-state index contributed by atoms with van der Waals surface area (Å²) in [4.78, 5) is 20.4. The summed E-state index contributed by atoms with van der Waals surface area (Å²) in [7, 11) is 0. The Kier molecular flexibility index (Phi) is 6.45. The SMILES string of the molecule is Cc1ccc(-c2cc(C(=O)NN=C3CCN(Cc4ccccc4)CC3)c3ccccc3n2)cc1. The molecule has 1 aliphatic heterocycles. The van der Waals surface area contributed by atoms with Crippen LogP contribution in [0.2, 0.25) is 0 Å². The summed E-state index contributed by atoms with van der Waals surface area (Å²) in [6, 6.07) is 28.3. The highest BCUT2D eigenvalue weighted by Crippen LogP contribution is 2.25. The van der Waals surface area contributed by atoms with Crippen molar-refractivity contribution in [2.24, 2.45) is 5.10 Å². The Labute approximate surface area is 200 Å². The first-order chi connectivity index (χ1) is 16.7. The summed E-state index contributed by atoms with van der Waals surface area (Å²) in [6.45, 7) is 4.89. The van der Waals surface area contributed by atoms with Crippen molar-refractivity contribution in [2.45, 2.75) is 26.3 Å². The van der Waals surface area contributed by atoms with Gasteiger partial charge in [-0.25, -0.2) is 10.4 Å². The second-order valence-electron chi connectivity index (χ2n) is 8.82. The maximum absolute atomic E-state index is 13.2. The van der Waals surface area contributed by atoms with Crippen LogP contribution in [0.1, 0.15) is 34.3 Å². The third-order valence-electron chi connectivity index (χ3n) is 6.31. The third kappa shape index (κ3) is 5.05. The van der Waals surface area contributed by atoms with Crippen LogP contribution >= 0.6 is 0 Å². The Bertz CT molecular complexity index is 1320. The number of hydrazone groups is 1. The van der Waals surface area contributed by atoms with Crippen LogP contribution in [0.5, 0.6) is 0 Å². The maximum atomic E-state index is 13.2. The number of carbonyl (C=O) groups is 1. The number of para-hydroxylation sites is 1. The lowest BCUT2D eigenvalue weighted by atomic mass is 10.0. The second-order valence-corrected chi connectivity index (χ2v) is 8.82. The Hall–Kier alpha value is -3.83. The standard InChI is InChI=1S/C29H28N4O/c1-21-11-13-23(14-12-21)28-19-26(25-9-5-6-10-27(25)30-28)29(34)32-31-24-15-17-33(18-16-24)20-22-7-3-2-4-8-22/h2-14,19H,15-18,20H2,1H3,(H,32,34). The highest BCUT2D eigenvalue weighted by atomic mass is 16.2. The van der Waals surface area contributed by atoms with E-state index in [0.717, 1.165) is 60.3 Å². The van der Waals surface area contributed by atoms with Crippen LogP contribution < -0.4 is 5.43 Å². The molecule has 1 amide bonds. The lowest BCUT2D eigenvalue weighted by Crippen LogP contribution is -2.34. The van der Waals surface area contributed by atoms with Crippen LogP contribution in [-0.4, -0.2) is 34.6 Å². The Morgan fingerprint density at radius 2 is 1.65 bits per heavy atom. The van der Waals surface area contributed by atoms with Crippen LogP contribution in [-0.2, 0) is 6.54 Å². The van der Waals surface area contributed by atoms with Gasteiger partial charge in [-0.05, 0) is 24.6 Å². The molecule has 1 aliphatic rings. The predicted molar refractivity (Wildman–Crippen MR) is 138 cm³/mol. The van der Waals surface area contributed by atoms with Gasteiger partial charge in [-0.1, -0.05) is 78.4 Å². The number of hydrogen-bond acceptors (Lipinski definition) is 4. The largest absolute Gasteiger partial charge is 0.298 e. The molecule has 0 radical (unpaired) electrons. The molecule has 0 bridgehead atoms. The number of nitrogens with one attached hydrogen (secondary N) is 1. The molecule has 0 unspecified atom stereocenters. The van der Waals surface area contributed by atoms with E-state index in [9.17, 15) is 4.79 Å².